The Balaban J connectivity index is 1.45. The van der Waals surface area contributed by atoms with E-state index in [1.165, 1.54) is 0 Å². The number of nitrogens with one attached hydrogen (secondary N) is 1. The maximum Gasteiger partial charge on any atom is 0.168 e. The average Bonchev–Trinajstić information content (AvgIpc) is 2.86. The van der Waals surface area contributed by atoms with Crippen molar-refractivity contribution in [3.63, 3.8) is 0 Å². The van der Waals surface area contributed by atoms with Crippen molar-refractivity contribution in [3.8, 4) is 5.75 Å². The van der Waals surface area contributed by atoms with Crippen LogP contribution in [-0.2, 0) is 19.1 Å². The average molecular weight is 490 g/mol. The Labute approximate surface area is 208 Å². The lowest BCUT2D eigenvalue weighted by Gasteiger charge is -2.34. The Kier molecular flexibility index (Phi) is 11.7. The number of para-hydroxylation sites is 1. The fourth-order valence-corrected chi connectivity index (χ4v) is 4.46. The smallest absolute Gasteiger partial charge is 0.168 e. The SMILES string of the molecule is COCCOCCOc1ccccc1C1CC(=O)C(=CNCCN2CCN(CCO)CC2)C(=O)C1. The molecule has 2 fully saturated rings. The maximum absolute atomic E-state index is 12.8. The van der Waals surface area contributed by atoms with E-state index in [0.29, 0.717) is 38.7 Å². The van der Waals surface area contributed by atoms with Gasteiger partial charge in [-0.05, 0) is 11.6 Å². The van der Waals surface area contributed by atoms with Crippen molar-refractivity contribution in [3.05, 3.63) is 41.6 Å². The lowest BCUT2D eigenvalue weighted by molar-refractivity contribution is -0.124. The third kappa shape index (κ3) is 8.70. The van der Waals surface area contributed by atoms with Gasteiger partial charge in [-0.15, -0.1) is 0 Å². The predicted octanol–water partition coefficient (Wildman–Crippen LogP) is 0.827. The molecule has 1 aliphatic carbocycles. The summed E-state index contributed by atoms with van der Waals surface area (Å²) >= 11 is 0. The van der Waals surface area contributed by atoms with Crippen molar-refractivity contribution in [2.24, 2.45) is 0 Å². The second-order valence-corrected chi connectivity index (χ2v) is 8.86. The van der Waals surface area contributed by atoms with Gasteiger partial charge in [0.05, 0.1) is 32.0 Å². The number of ether oxygens (including phenoxy) is 3. The molecule has 1 saturated carbocycles. The van der Waals surface area contributed by atoms with E-state index in [4.69, 9.17) is 19.3 Å². The van der Waals surface area contributed by atoms with Gasteiger partial charge in [0, 0.05) is 77.9 Å². The van der Waals surface area contributed by atoms with Gasteiger partial charge in [0.25, 0.3) is 0 Å². The summed E-state index contributed by atoms with van der Waals surface area (Å²) in [4.78, 5) is 30.2. The van der Waals surface area contributed by atoms with Crippen LogP contribution in [0.15, 0.2) is 36.0 Å². The zero-order valence-electron chi connectivity index (χ0n) is 20.7. The van der Waals surface area contributed by atoms with E-state index in [1.807, 2.05) is 24.3 Å². The summed E-state index contributed by atoms with van der Waals surface area (Å²) in [5.41, 5.74) is 1.15. The van der Waals surface area contributed by atoms with Crippen molar-refractivity contribution < 1.29 is 28.9 Å². The number of β-amino-alcohol motifs (C(OH)–C–C–N with tert-alkyl or cyclic N) is 1. The van der Waals surface area contributed by atoms with Crippen LogP contribution in [0.3, 0.4) is 0 Å². The number of rotatable bonds is 14. The Hall–Kier alpha value is -2.30. The molecule has 0 bridgehead atoms. The third-order valence-electron chi connectivity index (χ3n) is 6.44. The van der Waals surface area contributed by atoms with Crippen molar-refractivity contribution in [1.29, 1.82) is 0 Å². The number of carbonyl (C=O) groups is 2. The van der Waals surface area contributed by atoms with E-state index < -0.39 is 0 Å². The molecule has 1 heterocycles. The summed E-state index contributed by atoms with van der Waals surface area (Å²) in [7, 11) is 1.63. The Morgan fingerprint density at radius 2 is 1.63 bits per heavy atom. The second kappa shape index (κ2) is 15.0. The van der Waals surface area contributed by atoms with Crippen molar-refractivity contribution in [1.82, 2.24) is 15.1 Å². The number of hydrogen-bond donors (Lipinski definition) is 2. The van der Waals surface area contributed by atoms with E-state index in [9.17, 15) is 9.59 Å². The van der Waals surface area contributed by atoms with Gasteiger partial charge in [-0.1, -0.05) is 18.2 Å². The summed E-state index contributed by atoms with van der Waals surface area (Å²) < 4.78 is 16.3. The molecular formula is C26H39N3O6. The minimum Gasteiger partial charge on any atom is -0.491 e. The molecule has 1 aromatic carbocycles. The largest absolute Gasteiger partial charge is 0.491 e. The number of methoxy groups -OCH3 is 1. The highest BCUT2D eigenvalue weighted by Crippen LogP contribution is 2.36. The molecule has 0 aromatic heterocycles. The van der Waals surface area contributed by atoms with E-state index in [0.717, 1.165) is 44.8 Å². The fraction of sp³-hybridized carbons (Fsp3) is 0.615. The van der Waals surface area contributed by atoms with Crippen LogP contribution in [0, 0.1) is 0 Å². The first kappa shape index (κ1) is 27.3. The van der Waals surface area contributed by atoms with Gasteiger partial charge < -0.3 is 24.6 Å². The highest BCUT2D eigenvalue weighted by atomic mass is 16.5. The van der Waals surface area contributed by atoms with Gasteiger partial charge in [-0.3, -0.25) is 19.4 Å². The summed E-state index contributed by atoms with van der Waals surface area (Å²) in [6.07, 6.45) is 2.18. The first-order valence-electron chi connectivity index (χ1n) is 12.5. The van der Waals surface area contributed by atoms with Crippen molar-refractivity contribution >= 4 is 11.6 Å². The van der Waals surface area contributed by atoms with Gasteiger partial charge >= 0.3 is 0 Å². The molecule has 2 N–H and O–H groups in total. The summed E-state index contributed by atoms with van der Waals surface area (Å²) in [6, 6.07) is 7.59. The predicted molar refractivity (Wildman–Crippen MR) is 133 cm³/mol. The summed E-state index contributed by atoms with van der Waals surface area (Å²) in [5, 5.41) is 12.2. The standard InChI is InChI=1S/C26H39N3O6/c1-33-14-15-34-16-17-35-26-5-3-2-4-22(26)21-18-24(31)23(25(32)19-21)20-27-6-7-28-8-10-29(11-9-28)12-13-30/h2-5,20-21,27,30H,6-19H2,1H3. The lowest BCUT2D eigenvalue weighted by Crippen LogP contribution is -2.48. The number of benzene rings is 1. The fourth-order valence-electron chi connectivity index (χ4n) is 4.46. The van der Waals surface area contributed by atoms with E-state index >= 15 is 0 Å². The van der Waals surface area contributed by atoms with Crippen LogP contribution < -0.4 is 10.1 Å². The maximum atomic E-state index is 12.8. The number of carbonyl (C=O) groups excluding carboxylic acids is 2. The molecule has 0 radical (unpaired) electrons. The number of aliphatic hydroxyl groups excluding tert-OH is 1. The molecule has 35 heavy (non-hydrogen) atoms. The first-order valence-corrected chi connectivity index (χ1v) is 12.5. The summed E-state index contributed by atoms with van der Waals surface area (Å²) in [5.74, 6) is 0.245. The number of ketones is 2. The van der Waals surface area contributed by atoms with Crippen molar-refractivity contribution in [2.75, 3.05) is 86.0 Å². The molecule has 1 aromatic rings. The monoisotopic (exact) mass is 489 g/mol. The van der Waals surface area contributed by atoms with E-state index in [1.54, 1.807) is 13.3 Å². The first-order chi connectivity index (χ1) is 17.1. The molecule has 0 amide bonds. The highest BCUT2D eigenvalue weighted by Gasteiger charge is 2.32. The molecular weight excluding hydrogens is 450 g/mol. The molecule has 3 rings (SSSR count). The number of hydrogen-bond acceptors (Lipinski definition) is 9. The molecule has 0 atom stereocenters. The number of allylic oxidation sites excluding steroid dienone is 1. The van der Waals surface area contributed by atoms with Gasteiger partial charge in [0.15, 0.2) is 11.6 Å². The Morgan fingerprint density at radius 1 is 0.971 bits per heavy atom. The molecule has 194 valence electrons. The molecule has 0 spiro atoms. The molecule has 1 saturated heterocycles. The normalized spacial score (nSPS) is 19.7. The molecule has 0 unspecified atom stereocenters. The number of nitrogens with zero attached hydrogens (tertiary/aromatic N) is 2. The van der Waals surface area contributed by atoms with Crippen molar-refractivity contribution in [2.45, 2.75) is 18.8 Å². The van der Waals surface area contributed by atoms with Crippen LogP contribution in [0.25, 0.3) is 0 Å². The zero-order chi connectivity index (χ0) is 24.9. The van der Waals surface area contributed by atoms with Gasteiger partial charge in [0.1, 0.15) is 12.4 Å². The van der Waals surface area contributed by atoms with Crippen LogP contribution in [0.4, 0.5) is 0 Å². The minimum atomic E-state index is -0.187. The summed E-state index contributed by atoms with van der Waals surface area (Å²) in [6.45, 7) is 8.14. The van der Waals surface area contributed by atoms with Gasteiger partial charge in [-0.2, -0.15) is 0 Å². The van der Waals surface area contributed by atoms with Crippen LogP contribution >= 0.6 is 0 Å². The minimum absolute atomic E-state index is 0.130. The number of aliphatic hydroxyl groups is 1. The number of Topliss-reactive ketones (excluding diaryl/α,β-unsaturated/α-hetero) is 2. The van der Waals surface area contributed by atoms with Crippen LogP contribution in [0.2, 0.25) is 0 Å². The second-order valence-electron chi connectivity index (χ2n) is 8.86. The quantitative estimate of drug-likeness (QED) is 0.224. The van der Waals surface area contributed by atoms with Crippen LogP contribution in [-0.4, -0.2) is 112 Å². The highest BCUT2D eigenvalue weighted by molar-refractivity contribution is 6.22. The van der Waals surface area contributed by atoms with E-state index in [2.05, 4.69) is 15.1 Å². The zero-order valence-corrected chi connectivity index (χ0v) is 20.7. The topological polar surface area (TPSA) is 101 Å². The Bertz CT molecular complexity index is 818. The van der Waals surface area contributed by atoms with Crippen LogP contribution in [0.5, 0.6) is 5.75 Å². The third-order valence-corrected chi connectivity index (χ3v) is 6.44. The van der Waals surface area contributed by atoms with Gasteiger partial charge in [0.2, 0.25) is 0 Å². The molecule has 1 aliphatic heterocycles. The molecule has 2 aliphatic rings. The van der Waals surface area contributed by atoms with Gasteiger partial charge in [-0.25, -0.2) is 0 Å². The van der Waals surface area contributed by atoms with E-state index in [-0.39, 0.29) is 42.5 Å². The molecule has 9 nitrogen and oxygen atoms in total. The lowest BCUT2D eigenvalue weighted by atomic mass is 9.80. The van der Waals surface area contributed by atoms with Crippen LogP contribution in [0.1, 0.15) is 24.3 Å². The molecule has 9 heteroatoms. The number of piperazine rings is 1. The Morgan fingerprint density at radius 3 is 2.31 bits per heavy atom.